The maximum absolute atomic E-state index is 14.3. The summed E-state index contributed by atoms with van der Waals surface area (Å²) in [4.78, 5) is 58.0. The number of ether oxygens (including phenoxy) is 2. The van der Waals surface area contributed by atoms with Crippen molar-refractivity contribution < 1.29 is 33.8 Å². The lowest BCUT2D eigenvalue weighted by Crippen LogP contribution is -2.57. The molecule has 0 saturated carbocycles. The Bertz CT molecular complexity index is 1230. The van der Waals surface area contributed by atoms with Gasteiger partial charge in [-0.05, 0) is 31.2 Å². The molecule has 4 rings (SSSR count). The van der Waals surface area contributed by atoms with E-state index in [0.717, 1.165) is 19.3 Å². The van der Waals surface area contributed by atoms with Gasteiger partial charge in [0, 0.05) is 37.5 Å². The Morgan fingerprint density at radius 2 is 1.98 bits per heavy atom. The van der Waals surface area contributed by atoms with Crippen LogP contribution in [-0.4, -0.2) is 94.0 Å². The molecule has 45 heavy (non-hydrogen) atoms. The topological polar surface area (TPSA) is 125 Å². The Labute approximate surface area is 274 Å². The van der Waals surface area contributed by atoms with Crippen molar-refractivity contribution in [3.63, 3.8) is 0 Å². The lowest BCUT2D eigenvalue weighted by atomic mass is 9.70. The number of fused-ring (bicyclic) bond motifs is 1. The summed E-state index contributed by atoms with van der Waals surface area (Å²) in [7, 11) is 0. The number of rotatable bonds is 18. The number of aliphatic hydroxyl groups is 1. The van der Waals surface area contributed by atoms with E-state index in [1.54, 1.807) is 17.1 Å². The monoisotopic (exact) mass is 687 g/mol. The molecule has 3 amide bonds. The molecule has 7 atom stereocenters. The van der Waals surface area contributed by atoms with Crippen LogP contribution in [0.25, 0.3) is 0 Å². The van der Waals surface area contributed by atoms with Crippen LogP contribution in [0.4, 0.5) is 0 Å². The molecule has 1 spiro atoms. The first-order valence-electron chi connectivity index (χ1n) is 16.0. The fraction of sp³-hybridized carbons (Fsp3) is 0.588. The molecule has 2 N–H and O–H groups in total. The van der Waals surface area contributed by atoms with Gasteiger partial charge in [-0.3, -0.25) is 19.2 Å². The summed E-state index contributed by atoms with van der Waals surface area (Å²) in [6.45, 7) is 10.5. The number of amides is 3. The normalized spacial score (nSPS) is 27.1. The highest BCUT2D eigenvalue weighted by Crippen LogP contribution is 2.60. The highest BCUT2D eigenvalue weighted by molar-refractivity contribution is 9.09. The quantitative estimate of drug-likeness (QED) is 0.104. The summed E-state index contributed by atoms with van der Waals surface area (Å²) >= 11 is 3.70. The van der Waals surface area contributed by atoms with Gasteiger partial charge in [0.15, 0.2) is 0 Å². The molecule has 2 bridgehead atoms. The maximum atomic E-state index is 14.3. The Kier molecular flexibility index (Phi) is 12.4. The van der Waals surface area contributed by atoms with Gasteiger partial charge in [0.1, 0.15) is 17.7 Å². The van der Waals surface area contributed by atoms with Crippen molar-refractivity contribution in [3.8, 4) is 0 Å². The number of benzene rings is 1. The number of unbranched alkanes of at least 4 members (excludes halogenated alkanes) is 2. The van der Waals surface area contributed by atoms with Gasteiger partial charge < -0.3 is 29.7 Å². The summed E-state index contributed by atoms with van der Waals surface area (Å²) in [6.07, 6.45) is 6.09. The molecular weight excluding hydrogens is 642 g/mol. The summed E-state index contributed by atoms with van der Waals surface area (Å²) in [5.41, 5.74) is -0.524. The number of allylic oxidation sites excluding steroid dienone is 1. The molecule has 3 heterocycles. The van der Waals surface area contributed by atoms with Gasteiger partial charge in [0.2, 0.25) is 17.7 Å². The van der Waals surface area contributed by atoms with Crippen LogP contribution in [0.5, 0.6) is 0 Å². The molecular formula is C34H46BrN3O7. The van der Waals surface area contributed by atoms with Crippen LogP contribution in [0.2, 0.25) is 0 Å². The van der Waals surface area contributed by atoms with Gasteiger partial charge in [0.25, 0.3) is 0 Å². The SMILES string of the molecule is C=CCCC(=O)NC[C@@H](OC(=O)[C@@H]1[C@H]2O[C@@]3(CC2Br)[C@H](C(=O)N(CC=C)CCCCC)N(CCCO)C(=O)[C@@H]13)c1ccccc1. The second-order valence-corrected chi connectivity index (χ2v) is 13.2. The minimum atomic E-state index is -1.22. The minimum absolute atomic E-state index is 0.0590. The second-order valence-electron chi connectivity index (χ2n) is 12.0. The van der Waals surface area contributed by atoms with Crippen LogP contribution >= 0.6 is 15.9 Å². The number of carbonyl (C=O) groups is 4. The molecule has 0 aliphatic carbocycles. The van der Waals surface area contributed by atoms with Crippen molar-refractivity contribution in [2.45, 2.75) is 80.5 Å². The lowest BCUT2D eigenvalue weighted by molar-refractivity contribution is -0.160. The zero-order valence-corrected chi connectivity index (χ0v) is 27.7. The van der Waals surface area contributed by atoms with Gasteiger partial charge >= 0.3 is 5.97 Å². The number of hydrogen-bond donors (Lipinski definition) is 2. The van der Waals surface area contributed by atoms with E-state index in [-0.39, 0.29) is 55.1 Å². The number of halogens is 1. The molecule has 3 fully saturated rings. The van der Waals surface area contributed by atoms with E-state index in [1.165, 1.54) is 4.90 Å². The fourth-order valence-electron chi connectivity index (χ4n) is 6.97. The smallest absolute Gasteiger partial charge is 0.313 e. The van der Waals surface area contributed by atoms with Gasteiger partial charge in [-0.2, -0.15) is 0 Å². The summed E-state index contributed by atoms with van der Waals surface area (Å²) in [5.74, 6) is -3.26. The van der Waals surface area contributed by atoms with E-state index in [2.05, 4.69) is 41.3 Å². The zero-order chi connectivity index (χ0) is 32.6. The molecule has 0 aromatic heterocycles. The number of nitrogens with zero attached hydrogens (tertiary/aromatic N) is 2. The predicted octanol–water partition coefficient (Wildman–Crippen LogP) is 3.69. The molecule has 11 heteroatoms. The molecule has 1 aromatic rings. The van der Waals surface area contributed by atoms with Crippen molar-refractivity contribution in [1.82, 2.24) is 15.1 Å². The Balaban J connectivity index is 1.63. The van der Waals surface area contributed by atoms with E-state index in [1.807, 2.05) is 30.3 Å². The Hall–Kier alpha value is -3.02. The molecule has 1 aromatic carbocycles. The molecule has 10 nitrogen and oxygen atoms in total. The third-order valence-electron chi connectivity index (χ3n) is 9.04. The number of likely N-dealkylation sites (tertiary alicyclic amines) is 1. The third kappa shape index (κ3) is 7.36. The first-order valence-corrected chi connectivity index (χ1v) is 16.9. The van der Waals surface area contributed by atoms with Crippen molar-refractivity contribution in [2.24, 2.45) is 11.8 Å². The maximum Gasteiger partial charge on any atom is 0.313 e. The third-order valence-corrected chi connectivity index (χ3v) is 9.88. The molecule has 246 valence electrons. The Morgan fingerprint density at radius 1 is 1.22 bits per heavy atom. The van der Waals surface area contributed by atoms with Crippen LogP contribution in [0, 0.1) is 11.8 Å². The minimum Gasteiger partial charge on any atom is -0.455 e. The molecule has 3 aliphatic rings. The first kappa shape index (κ1) is 34.8. The number of esters is 1. The average molecular weight is 689 g/mol. The summed E-state index contributed by atoms with van der Waals surface area (Å²) < 4.78 is 12.7. The summed E-state index contributed by atoms with van der Waals surface area (Å²) in [5, 5.41) is 12.5. The number of hydrogen-bond acceptors (Lipinski definition) is 7. The van der Waals surface area contributed by atoms with E-state index in [9.17, 15) is 24.3 Å². The van der Waals surface area contributed by atoms with E-state index in [0.29, 0.717) is 31.5 Å². The van der Waals surface area contributed by atoms with Gasteiger partial charge in [-0.15, -0.1) is 13.2 Å². The van der Waals surface area contributed by atoms with E-state index < -0.39 is 41.7 Å². The van der Waals surface area contributed by atoms with Crippen molar-refractivity contribution in [1.29, 1.82) is 0 Å². The van der Waals surface area contributed by atoms with Gasteiger partial charge in [-0.25, -0.2) is 0 Å². The number of aliphatic hydroxyl groups excluding tert-OH is 1. The standard InChI is InChI=1S/C34H46BrN3O7/c1-4-7-12-18-37(17-6-3)32(42)30-34-21-24(35)29(45-34)27(28(34)31(41)38(30)19-13-20-39)33(43)44-25(23-14-10-9-11-15-23)22-36-26(40)16-8-5-2/h5-6,9-11,14-15,24-25,27-30,39H,2-4,7-8,12-13,16-22H2,1H3,(H,36,40)/t24?,25-,27+,28-,29+,30+,34-/m1/s1. The van der Waals surface area contributed by atoms with Gasteiger partial charge in [0.05, 0.1) is 24.5 Å². The van der Waals surface area contributed by atoms with Crippen LogP contribution in [0.15, 0.2) is 55.6 Å². The first-order chi connectivity index (χ1) is 21.7. The van der Waals surface area contributed by atoms with E-state index in [4.69, 9.17) is 9.47 Å². The molecule has 3 aliphatic heterocycles. The zero-order valence-electron chi connectivity index (χ0n) is 26.1. The predicted molar refractivity (Wildman–Crippen MR) is 173 cm³/mol. The van der Waals surface area contributed by atoms with Crippen LogP contribution in [0.3, 0.4) is 0 Å². The highest BCUT2D eigenvalue weighted by Gasteiger charge is 2.77. The number of nitrogens with one attached hydrogen (secondary N) is 1. The van der Waals surface area contributed by atoms with Crippen LogP contribution in [0.1, 0.15) is 63.5 Å². The van der Waals surface area contributed by atoms with Crippen molar-refractivity contribution in [3.05, 3.63) is 61.2 Å². The number of carbonyl (C=O) groups excluding carboxylic acids is 4. The van der Waals surface area contributed by atoms with Crippen LogP contribution < -0.4 is 5.32 Å². The lowest BCUT2D eigenvalue weighted by Gasteiger charge is -2.37. The highest BCUT2D eigenvalue weighted by atomic mass is 79.9. The van der Waals surface area contributed by atoms with Gasteiger partial charge in [-0.1, -0.05) is 78.2 Å². The number of alkyl halides is 1. The van der Waals surface area contributed by atoms with E-state index >= 15 is 0 Å². The molecule has 1 unspecified atom stereocenters. The molecule has 0 radical (unpaired) electrons. The Morgan fingerprint density at radius 3 is 2.64 bits per heavy atom. The van der Waals surface area contributed by atoms with Crippen molar-refractivity contribution in [2.75, 3.05) is 32.8 Å². The largest absolute Gasteiger partial charge is 0.455 e. The fourth-order valence-corrected chi connectivity index (χ4v) is 7.92. The second kappa shape index (κ2) is 16.0. The molecule has 3 saturated heterocycles. The van der Waals surface area contributed by atoms with Crippen molar-refractivity contribution >= 4 is 39.6 Å². The van der Waals surface area contributed by atoms with Crippen LogP contribution in [-0.2, 0) is 28.7 Å². The average Bonchev–Trinajstić information content (AvgIpc) is 3.63. The summed E-state index contributed by atoms with van der Waals surface area (Å²) in [6, 6.07) is 8.19.